The highest BCUT2D eigenvalue weighted by Gasteiger charge is 1.98. The van der Waals surface area contributed by atoms with Crippen molar-refractivity contribution in [3.63, 3.8) is 0 Å². The summed E-state index contributed by atoms with van der Waals surface area (Å²) in [6, 6.07) is 9.42. The predicted molar refractivity (Wildman–Crippen MR) is 74.8 cm³/mol. The number of hydrogen-bond donors (Lipinski definition) is 2. The van der Waals surface area contributed by atoms with Crippen LogP contribution in [-0.2, 0) is 11.3 Å². The van der Waals surface area contributed by atoms with E-state index in [1.54, 1.807) is 6.20 Å². The van der Waals surface area contributed by atoms with Crippen LogP contribution in [0.5, 0.6) is 0 Å². The maximum atomic E-state index is 10.9. The highest BCUT2D eigenvalue weighted by molar-refractivity contribution is 5.88. The van der Waals surface area contributed by atoms with Gasteiger partial charge in [-0.3, -0.25) is 4.79 Å². The molecule has 98 valence electrons. The summed E-state index contributed by atoms with van der Waals surface area (Å²) in [5.74, 6) is 0.692. The molecule has 0 atom stereocenters. The fourth-order valence-corrected chi connectivity index (χ4v) is 1.67. The lowest BCUT2D eigenvalue weighted by Crippen LogP contribution is -2.06. The van der Waals surface area contributed by atoms with Crippen molar-refractivity contribution in [2.24, 2.45) is 0 Å². The molecule has 0 aliphatic carbocycles. The molecule has 5 nitrogen and oxygen atoms in total. The summed E-state index contributed by atoms with van der Waals surface area (Å²) in [5.41, 5.74) is 2.71. The fourth-order valence-electron chi connectivity index (χ4n) is 1.67. The van der Waals surface area contributed by atoms with Crippen molar-refractivity contribution >= 4 is 17.3 Å². The largest absolute Gasteiger partial charge is 0.379 e. The van der Waals surface area contributed by atoms with Crippen LogP contribution < -0.4 is 10.6 Å². The highest BCUT2D eigenvalue weighted by atomic mass is 16.1. The molecule has 19 heavy (non-hydrogen) atoms. The number of aryl methyl sites for hydroxylation is 1. The molecule has 1 aromatic carbocycles. The molecule has 0 fully saturated rings. The van der Waals surface area contributed by atoms with E-state index in [9.17, 15) is 4.79 Å². The summed E-state index contributed by atoms with van der Waals surface area (Å²) >= 11 is 0. The van der Waals surface area contributed by atoms with Gasteiger partial charge in [-0.05, 0) is 37.3 Å². The number of hydrogen-bond acceptors (Lipinski definition) is 4. The number of aromatic nitrogens is 2. The van der Waals surface area contributed by atoms with Gasteiger partial charge in [0.25, 0.3) is 0 Å². The van der Waals surface area contributed by atoms with Gasteiger partial charge in [-0.25, -0.2) is 9.97 Å². The first-order chi connectivity index (χ1) is 9.13. The van der Waals surface area contributed by atoms with Gasteiger partial charge in [0, 0.05) is 24.5 Å². The summed E-state index contributed by atoms with van der Waals surface area (Å²) in [4.78, 5) is 19.3. The van der Waals surface area contributed by atoms with Crippen molar-refractivity contribution in [3.05, 3.63) is 48.0 Å². The summed E-state index contributed by atoms with van der Waals surface area (Å²) < 4.78 is 0. The molecule has 0 spiro atoms. The van der Waals surface area contributed by atoms with Crippen LogP contribution in [0.25, 0.3) is 0 Å². The molecule has 0 aliphatic rings. The van der Waals surface area contributed by atoms with Crippen molar-refractivity contribution in [1.82, 2.24) is 9.97 Å². The van der Waals surface area contributed by atoms with Gasteiger partial charge >= 0.3 is 0 Å². The van der Waals surface area contributed by atoms with E-state index in [2.05, 4.69) is 20.6 Å². The minimum absolute atomic E-state index is 0.0721. The quantitative estimate of drug-likeness (QED) is 0.881. The van der Waals surface area contributed by atoms with Crippen molar-refractivity contribution in [2.45, 2.75) is 20.4 Å². The van der Waals surface area contributed by atoms with Crippen LogP contribution in [0.2, 0.25) is 0 Å². The van der Waals surface area contributed by atoms with Crippen LogP contribution in [0.1, 0.15) is 18.4 Å². The molecular weight excluding hydrogens is 240 g/mol. The fraction of sp³-hybridized carbons (Fsp3) is 0.214. The Balaban J connectivity index is 1.94. The zero-order chi connectivity index (χ0) is 13.7. The minimum Gasteiger partial charge on any atom is -0.379 e. The average molecular weight is 256 g/mol. The van der Waals surface area contributed by atoms with Gasteiger partial charge in [-0.15, -0.1) is 0 Å². The number of carbonyl (C=O) groups is 1. The van der Waals surface area contributed by atoms with Crippen molar-refractivity contribution < 1.29 is 4.79 Å². The van der Waals surface area contributed by atoms with E-state index in [4.69, 9.17) is 0 Å². The molecule has 0 unspecified atom stereocenters. The molecule has 0 bridgehead atoms. The lowest BCUT2D eigenvalue weighted by atomic mass is 10.2. The molecule has 2 rings (SSSR count). The van der Waals surface area contributed by atoms with Gasteiger partial charge in [0.05, 0.1) is 12.2 Å². The van der Waals surface area contributed by atoms with E-state index in [1.165, 1.54) is 6.92 Å². The van der Waals surface area contributed by atoms with Crippen LogP contribution >= 0.6 is 0 Å². The first-order valence-electron chi connectivity index (χ1n) is 6.03. The number of rotatable bonds is 4. The smallest absolute Gasteiger partial charge is 0.221 e. The zero-order valence-electron chi connectivity index (χ0n) is 11.0. The first-order valence-corrected chi connectivity index (χ1v) is 6.03. The summed E-state index contributed by atoms with van der Waals surface area (Å²) in [6.07, 6.45) is 1.75. The Hall–Kier alpha value is -2.43. The van der Waals surface area contributed by atoms with Crippen LogP contribution in [0.15, 0.2) is 36.5 Å². The molecular formula is C14H16N4O. The highest BCUT2D eigenvalue weighted by Crippen LogP contribution is 2.14. The van der Waals surface area contributed by atoms with E-state index in [0.717, 1.165) is 22.9 Å². The molecule has 2 aromatic rings. The second kappa shape index (κ2) is 5.95. The van der Waals surface area contributed by atoms with Crippen LogP contribution in [0, 0.1) is 6.92 Å². The summed E-state index contributed by atoms with van der Waals surface area (Å²) in [6.45, 7) is 4.00. The molecule has 1 heterocycles. The number of anilines is 2. The monoisotopic (exact) mass is 256 g/mol. The number of nitrogens with zero attached hydrogens (tertiary/aromatic N) is 2. The van der Waals surface area contributed by atoms with Gasteiger partial charge in [-0.1, -0.05) is 0 Å². The molecule has 0 radical (unpaired) electrons. The number of amides is 1. The van der Waals surface area contributed by atoms with E-state index >= 15 is 0 Å². The van der Waals surface area contributed by atoms with Gasteiger partial charge in [-0.2, -0.15) is 0 Å². The van der Waals surface area contributed by atoms with Crippen LogP contribution in [0.4, 0.5) is 11.4 Å². The maximum Gasteiger partial charge on any atom is 0.221 e. The third-order valence-electron chi connectivity index (χ3n) is 2.51. The minimum atomic E-state index is -0.0721. The second-order valence-electron chi connectivity index (χ2n) is 4.21. The van der Waals surface area contributed by atoms with Crippen molar-refractivity contribution in [2.75, 3.05) is 10.6 Å². The third kappa shape index (κ3) is 4.06. The summed E-state index contributed by atoms with van der Waals surface area (Å²) in [5, 5.41) is 5.99. The Morgan fingerprint density at radius 1 is 1.16 bits per heavy atom. The maximum absolute atomic E-state index is 10.9. The average Bonchev–Trinajstić information content (AvgIpc) is 2.37. The van der Waals surface area contributed by atoms with Gasteiger partial charge in [0.1, 0.15) is 5.82 Å². The normalized spacial score (nSPS) is 10.0. The SMILES string of the molecule is CC(=O)Nc1ccc(NCc2ccnc(C)n2)cc1. The third-order valence-corrected chi connectivity index (χ3v) is 2.51. The Labute approximate surface area is 112 Å². The standard InChI is InChI=1S/C14H16N4O/c1-10-15-8-7-14(17-10)9-16-12-3-5-13(6-4-12)18-11(2)19/h3-8,16H,9H2,1-2H3,(H,18,19). The van der Waals surface area contributed by atoms with E-state index < -0.39 is 0 Å². The summed E-state index contributed by atoms with van der Waals surface area (Å²) in [7, 11) is 0. The topological polar surface area (TPSA) is 66.9 Å². The lowest BCUT2D eigenvalue weighted by molar-refractivity contribution is -0.114. The molecule has 2 N–H and O–H groups in total. The van der Waals surface area contributed by atoms with Crippen molar-refractivity contribution in [1.29, 1.82) is 0 Å². The zero-order valence-corrected chi connectivity index (χ0v) is 11.0. The molecule has 0 saturated heterocycles. The Morgan fingerprint density at radius 3 is 2.47 bits per heavy atom. The number of benzene rings is 1. The van der Waals surface area contributed by atoms with Gasteiger partial charge in [0.15, 0.2) is 0 Å². The number of carbonyl (C=O) groups excluding carboxylic acids is 1. The Kier molecular flexibility index (Phi) is 4.07. The van der Waals surface area contributed by atoms with E-state index in [-0.39, 0.29) is 5.91 Å². The van der Waals surface area contributed by atoms with Gasteiger partial charge < -0.3 is 10.6 Å². The first kappa shape index (κ1) is 13.0. The van der Waals surface area contributed by atoms with Gasteiger partial charge in [0.2, 0.25) is 5.91 Å². The molecule has 5 heteroatoms. The van der Waals surface area contributed by atoms with Crippen LogP contribution in [0.3, 0.4) is 0 Å². The predicted octanol–water partition coefficient (Wildman–Crippen LogP) is 2.36. The molecule has 0 saturated carbocycles. The van der Waals surface area contributed by atoms with E-state index in [0.29, 0.717) is 6.54 Å². The molecule has 0 aliphatic heterocycles. The van der Waals surface area contributed by atoms with Crippen LogP contribution in [-0.4, -0.2) is 15.9 Å². The van der Waals surface area contributed by atoms with E-state index in [1.807, 2.05) is 37.3 Å². The Morgan fingerprint density at radius 2 is 1.84 bits per heavy atom. The molecule has 1 aromatic heterocycles. The Bertz CT molecular complexity index is 566. The lowest BCUT2D eigenvalue weighted by Gasteiger charge is -2.07. The second-order valence-corrected chi connectivity index (χ2v) is 4.21. The van der Waals surface area contributed by atoms with Crippen molar-refractivity contribution in [3.8, 4) is 0 Å². The number of nitrogens with one attached hydrogen (secondary N) is 2. The molecule has 1 amide bonds.